The van der Waals surface area contributed by atoms with Crippen molar-refractivity contribution < 1.29 is 18.3 Å². The van der Waals surface area contributed by atoms with Gasteiger partial charge in [0.1, 0.15) is 35.5 Å². The van der Waals surface area contributed by atoms with E-state index in [1.807, 2.05) is 17.3 Å². The highest BCUT2D eigenvalue weighted by molar-refractivity contribution is 7.17. The number of halogens is 2. The van der Waals surface area contributed by atoms with E-state index in [9.17, 15) is 9.18 Å². The van der Waals surface area contributed by atoms with Gasteiger partial charge in [-0.2, -0.15) is 9.97 Å². The number of carbonyl (C=O) groups is 1. The first-order valence-electron chi connectivity index (χ1n) is 13.8. The molecule has 2 fully saturated rings. The fourth-order valence-corrected chi connectivity index (χ4v) is 6.71. The van der Waals surface area contributed by atoms with Crippen LogP contribution in [0.1, 0.15) is 12.8 Å². The molecular formula is C30H29F2N7O2S. The predicted molar refractivity (Wildman–Crippen MR) is 159 cm³/mol. The van der Waals surface area contributed by atoms with Crippen LogP contribution in [0, 0.1) is 18.2 Å². The van der Waals surface area contributed by atoms with Crippen molar-refractivity contribution >= 4 is 44.1 Å². The summed E-state index contributed by atoms with van der Waals surface area (Å²) >= 11 is 1.39. The Hall–Kier alpha value is -4.21. The molecule has 9 nitrogen and oxygen atoms in total. The maximum Gasteiger partial charge on any atom is 0.319 e. The molecule has 0 radical (unpaired) electrons. The minimum absolute atomic E-state index is 0.00661. The number of hydrogen-bond acceptors (Lipinski definition) is 8. The molecule has 216 valence electrons. The van der Waals surface area contributed by atoms with E-state index in [2.05, 4.69) is 26.3 Å². The van der Waals surface area contributed by atoms with Gasteiger partial charge in [0.25, 0.3) is 0 Å². The SMILES string of the molecule is [C-]#[N+]C[C@H]1CN(c2nc(OC[C@@H]3CCCN3C)nc3c(F)c(-c4cc(F)cc5ccsc45)ncc23)CCN1C(=O)C=C. The Balaban J connectivity index is 1.45. The molecule has 2 saturated heterocycles. The van der Waals surface area contributed by atoms with Crippen molar-refractivity contribution in [2.75, 3.05) is 51.3 Å². The topological polar surface area (TPSA) is 79.1 Å². The first-order valence-corrected chi connectivity index (χ1v) is 14.6. The fraction of sp³-hybridized carbons (Fsp3) is 0.367. The minimum atomic E-state index is -0.697. The molecule has 6 rings (SSSR count). The molecular weight excluding hydrogens is 560 g/mol. The van der Waals surface area contributed by atoms with Crippen molar-refractivity contribution in [2.24, 2.45) is 0 Å². The largest absolute Gasteiger partial charge is 0.462 e. The van der Waals surface area contributed by atoms with Gasteiger partial charge in [0.15, 0.2) is 5.82 Å². The Labute approximate surface area is 245 Å². The maximum absolute atomic E-state index is 16.4. The van der Waals surface area contributed by atoms with Crippen molar-refractivity contribution in [3.05, 3.63) is 65.5 Å². The smallest absolute Gasteiger partial charge is 0.319 e. The Kier molecular flexibility index (Phi) is 7.70. The van der Waals surface area contributed by atoms with Gasteiger partial charge in [-0.15, -0.1) is 11.3 Å². The van der Waals surface area contributed by atoms with Crippen LogP contribution in [0.25, 0.3) is 37.1 Å². The number of benzene rings is 1. The molecule has 2 aliphatic rings. The van der Waals surface area contributed by atoms with Gasteiger partial charge in [-0.3, -0.25) is 9.78 Å². The molecule has 12 heteroatoms. The number of ether oxygens (including phenoxy) is 1. The van der Waals surface area contributed by atoms with Gasteiger partial charge < -0.3 is 24.3 Å². The first-order chi connectivity index (χ1) is 20.4. The van der Waals surface area contributed by atoms with Gasteiger partial charge >= 0.3 is 6.01 Å². The van der Waals surface area contributed by atoms with Gasteiger partial charge in [-0.25, -0.2) is 15.4 Å². The summed E-state index contributed by atoms with van der Waals surface area (Å²) in [5.74, 6) is -1.01. The highest BCUT2D eigenvalue weighted by Crippen LogP contribution is 2.37. The lowest BCUT2D eigenvalue weighted by Gasteiger charge is -2.39. The molecule has 1 aromatic carbocycles. The zero-order chi connectivity index (χ0) is 29.4. The number of rotatable bonds is 7. The number of amides is 1. The predicted octanol–water partition coefficient (Wildman–Crippen LogP) is 4.78. The lowest BCUT2D eigenvalue weighted by Crippen LogP contribution is -2.56. The van der Waals surface area contributed by atoms with E-state index < -0.39 is 17.7 Å². The monoisotopic (exact) mass is 589 g/mol. The number of piperazine rings is 1. The number of fused-ring (bicyclic) bond motifs is 2. The van der Waals surface area contributed by atoms with Crippen LogP contribution < -0.4 is 9.64 Å². The number of likely N-dealkylation sites (tertiary alicyclic amines) is 1. The molecule has 0 spiro atoms. The second-order valence-electron chi connectivity index (χ2n) is 10.6. The standard InChI is InChI=1S/C30H29F2N7O2S/c1-4-24(40)39-10-9-38(16-21(39)14-33-2)29-23-15-34-26(22-13-19(31)12-18-7-11-42-28(18)22)25(32)27(23)35-30(36-29)41-17-20-6-5-8-37(20)3/h4,7,11-13,15,20-21H,1,5-6,8-10,14,16-17H2,3H3/t20-,21-/m0/s1. The van der Waals surface area contributed by atoms with Crippen molar-refractivity contribution in [3.63, 3.8) is 0 Å². The number of aromatic nitrogens is 3. The van der Waals surface area contributed by atoms with Gasteiger partial charge in [0.2, 0.25) is 12.5 Å². The molecule has 0 unspecified atom stereocenters. The maximum atomic E-state index is 16.4. The average Bonchev–Trinajstić information content (AvgIpc) is 3.64. The van der Waals surface area contributed by atoms with E-state index in [-0.39, 0.29) is 35.7 Å². The lowest BCUT2D eigenvalue weighted by atomic mass is 10.1. The van der Waals surface area contributed by atoms with Crippen molar-refractivity contribution in [1.82, 2.24) is 24.8 Å². The number of carbonyl (C=O) groups excluding carboxylic acids is 1. The summed E-state index contributed by atoms with van der Waals surface area (Å²) in [5.41, 5.74) is 0.358. The molecule has 4 aromatic rings. The normalized spacial score (nSPS) is 19.4. The van der Waals surface area contributed by atoms with Crippen LogP contribution in [-0.4, -0.2) is 89.1 Å². The quantitative estimate of drug-likeness (QED) is 0.227. The summed E-state index contributed by atoms with van der Waals surface area (Å²) in [6.45, 7) is 13.5. The van der Waals surface area contributed by atoms with Crippen LogP contribution >= 0.6 is 11.3 Å². The van der Waals surface area contributed by atoms with Crippen LogP contribution in [0.3, 0.4) is 0 Å². The van der Waals surface area contributed by atoms with Crippen LogP contribution in [0.5, 0.6) is 6.01 Å². The Morgan fingerprint density at radius 3 is 2.88 bits per heavy atom. The van der Waals surface area contributed by atoms with E-state index in [0.717, 1.165) is 24.1 Å². The van der Waals surface area contributed by atoms with Gasteiger partial charge in [-0.1, -0.05) is 6.58 Å². The number of anilines is 1. The Bertz CT molecular complexity index is 1720. The highest BCUT2D eigenvalue weighted by Gasteiger charge is 2.34. The van der Waals surface area contributed by atoms with Crippen molar-refractivity contribution in [2.45, 2.75) is 24.9 Å². The van der Waals surface area contributed by atoms with E-state index >= 15 is 4.39 Å². The zero-order valence-electron chi connectivity index (χ0n) is 23.1. The molecule has 3 aromatic heterocycles. The summed E-state index contributed by atoms with van der Waals surface area (Å²) in [7, 11) is 2.04. The Morgan fingerprint density at radius 1 is 1.26 bits per heavy atom. The van der Waals surface area contributed by atoms with E-state index in [1.165, 1.54) is 35.7 Å². The molecule has 0 N–H and O–H groups in total. The van der Waals surface area contributed by atoms with Crippen LogP contribution in [0.2, 0.25) is 0 Å². The molecule has 42 heavy (non-hydrogen) atoms. The van der Waals surface area contributed by atoms with Gasteiger partial charge in [0, 0.05) is 42.1 Å². The lowest BCUT2D eigenvalue weighted by molar-refractivity contribution is -0.128. The van der Waals surface area contributed by atoms with E-state index in [1.54, 1.807) is 11.0 Å². The zero-order valence-corrected chi connectivity index (χ0v) is 23.9. The number of thiophene rings is 1. The second kappa shape index (κ2) is 11.6. The third kappa shape index (κ3) is 5.14. The molecule has 1 amide bonds. The number of pyridine rings is 1. The van der Waals surface area contributed by atoms with Crippen molar-refractivity contribution in [3.8, 4) is 17.3 Å². The highest BCUT2D eigenvalue weighted by atomic mass is 32.1. The first kappa shape index (κ1) is 27.9. The molecule has 5 heterocycles. The molecule has 0 saturated carbocycles. The molecule has 0 aliphatic carbocycles. The van der Waals surface area contributed by atoms with Gasteiger partial charge in [-0.05, 0) is 61.5 Å². The second-order valence-corrected chi connectivity index (χ2v) is 11.5. The van der Waals surface area contributed by atoms with Gasteiger partial charge in [0.05, 0.1) is 5.39 Å². The van der Waals surface area contributed by atoms with Crippen LogP contribution in [-0.2, 0) is 4.79 Å². The summed E-state index contributed by atoms with van der Waals surface area (Å²) in [6.07, 6.45) is 4.80. The number of hydrogen-bond donors (Lipinski definition) is 0. The third-order valence-corrected chi connectivity index (χ3v) is 9.00. The van der Waals surface area contributed by atoms with E-state index in [0.29, 0.717) is 48.4 Å². The average molecular weight is 590 g/mol. The van der Waals surface area contributed by atoms with Crippen molar-refractivity contribution in [1.29, 1.82) is 0 Å². The summed E-state index contributed by atoms with van der Waals surface area (Å²) < 4.78 is 37.7. The minimum Gasteiger partial charge on any atom is -0.462 e. The van der Waals surface area contributed by atoms with Crippen LogP contribution in [0.4, 0.5) is 14.6 Å². The molecule has 2 atom stereocenters. The summed E-state index contributed by atoms with van der Waals surface area (Å²) in [4.78, 5) is 35.4. The summed E-state index contributed by atoms with van der Waals surface area (Å²) in [6, 6.07) is 4.31. The van der Waals surface area contributed by atoms with Crippen LogP contribution in [0.15, 0.2) is 42.4 Å². The number of likely N-dealkylation sites (N-methyl/N-ethyl adjacent to an activating group) is 1. The fourth-order valence-electron chi connectivity index (χ4n) is 5.81. The Morgan fingerprint density at radius 2 is 2.12 bits per heavy atom. The molecule has 2 aliphatic heterocycles. The number of nitrogens with zero attached hydrogens (tertiary/aromatic N) is 7. The third-order valence-electron chi connectivity index (χ3n) is 8.03. The summed E-state index contributed by atoms with van der Waals surface area (Å²) in [5, 5.41) is 2.86. The molecule has 0 bridgehead atoms. The van der Waals surface area contributed by atoms with E-state index in [4.69, 9.17) is 16.3 Å².